The van der Waals surface area contributed by atoms with Crippen LogP contribution in [0.2, 0.25) is 0 Å². The number of hydrogen-bond donors (Lipinski definition) is 0. The van der Waals surface area contributed by atoms with E-state index in [2.05, 4.69) is 0 Å². The number of rotatable bonds is 6. The quantitative estimate of drug-likeness (QED) is 0.525. The van der Waals surface area contributed by atoms with Gasteiger partial charge >= 0.3 is 5.97 Å². The molecule has 0 aliphatic carbocycles. The van der Waals surface area contributed by atoms with Gasteiger partial charge in [0.15, 0.2) is 6.61 Å². The van der Waals surface area contributed by atoms with Gasteiger partial charge in [0.25, 0.3) is 5.91 Å². The van der Waals surface area contributed by atoms with Crippen molar-refractivity contribution in [3.8, 4) is 5.75 Å². The van der Waals surface area contributed by atoms with E-state index in [0.29, 0.717) is 38.2 Å². The summed E-state index contributed by atoms with van der Waals surface area (Å²) in [6.07, 6.45) is 2.29. The molecule has 4 rings (SSSR count). The summed E-state index contributed by atoms with van der Waals surface area (Å²) in [4.78, 5) is 41.0. The second kappa shape index (κ2) is 10.8. The predicted molar refractivity (Wildman–Crippen MR) is 132 cm³/mol. The molecule has 11 heteroatoms. The summed E-state index contributed by atoms with van der Waals surface area (Å²) < 4.78 is 39.0. The van der Waals surface area contributed by atoms with E-state index in [1.54, 1.807) is 17.9 Å². The van der Waals surface area contributed by atoms with E-state index in [0.717, 1.165) is 6.42 Å². The predicted octanol–water partition coefficient (Wildman–Crippen LogP) is 1.88. The Morgan fingerprint density at radius 2 is 1.86 bits per heavy atom. The van der Waals surface area contributed by atoms with Crippen LogP contribution in [0.15, 0.2) is 23.1 Å². The number of esters is 1. The Balaban J connectivity index is 1.54. The first-order valence-corrected chi connectivity index (χ1v) is 14.1. The van der Waals surface area contributed by atoms with E-state index in [1.807, 2.05) is 13.8 Å². The van der Waals surface area contributed by atoms with Crippen LogP contribution in [0.3, 0.4) is 0 Å². The van der Waals surface area contributed by atoms with Crippen molar-refractivity contribution in [3.05, 3.63) is 18.2 Å². The molecule has 0 radical (unpaired) electrons. The number of amides is 2. The Bertz CT molecular complexity index is 1110. The molecule has 2 amide bonds. The second-order valence-electron chi connectivity index (χ2n) is 10.1. The number of hydrogen-bond acceptors (Lipinski definition) is 7. The first kappa shape index (κ1) is 26.4. The Kier molecular flexibility index (Phi) is 7.89. The van der Waals surface area contributed by atoms with Crippen LogP contribution in [-0.2, 0) is 29.1 Å². The third kappa shape index (κ3) is 5.51. The zero-order valence-electron chi connectivity index (χ0n) is 21.1. The van der Waals surface area contributed by atoms with Crippen LogP contribution in [0.4, 0.5) is 5.69 Å². The zero-order valence-corrected chi connectivity index (χ0v) is 22.0. The highest BCUT2D eigenvalue weighted by atomic mass is 32.2. The smallest absolute Gasteiger partial charge is 0.310 e. The highest BCUT2D eigenvalue weighted by Gasteiger charge is 2.36. The molecule has 0 spiro atoms. The summed E-state index contributed by atoms with van der Waals surface area (Å²) in [6.45, 7) is 7.22. The number of carbonyl (C=O) groups excluding carboxylic acids is 3. The molecule has 3 heterocycles. The van der Waals surface area contributed by atoms with Crippen LogP contribution in [0.25, 0.3) is 0 Å². The van der Waals surface area contributed by atoms with Gasteiger partial charge in [0.1, 0.15) is 12.3 Å². The van der Waals surface area contributed by atoms with E-state index < -0.39 is 15.9 Å². The Labute approximate surface area is 212 Å². The Morgan fingerprint density at radius 1 is 1.14 bits per heavy atom. The molecule has 2 saturated heterocycles. The summed E-state index contributed by atoms with van der Waals surface area (Å²) in [5.41, 5.74) is 0.262. The van der Waals surface area contributed by atoms with Gasteiger partial charge in [-0.25, -0.2) is 8.42 Å². The lowest BCUT2D eigenvalue weighted by atomic mass is 9.94. The molecule has 10 nitrogen and oxygen atoms in total. The molecule has 3 aliphatic heterocycles. The second-order valence-corrected chi connectivity index (χ2v) is 12.0. The van der Waals surface area contributed by atoms with E-state index in [9.17, 15) is 22.8 Å². The molecule has 2 fully saturated rings. The number of carbonyl (C=O) groups is 3. The van der Waals surface area contributed by atoms with Crippen LogP contribution in [0, 0.1) is 17.8 Å². The molecule has 0 bridgehead atoms. The molecule has 3 unspecified atom stereocenters. The number of fused-ring (bicyclic) bond motifs is 1. The van der Waals surface area contributed by atoms with Gasteiger partial charge in [-0.1, -0.05) is 13.8 Å². The largest absolute Gasteiger partial charge is 0.482 e. The zero-order chi connectivity index (χ0) is 26.0. The van der Waals surface area contributed by atoms with E-state index in [-0.39, 0.29) is 66.5 Å². The topological polar surface area (TPSA) is 114 Å². The van der Waals surface area contributed by atoms with Crippen molar-refractivity contribution in [2.45, 2.75) is 44.9 Å². The van der Waals surface area contributed by atoms with Crippen molar-refractivity contribution < 1.29 is 32.3 Å². The van der Waals surface area contributed by atoms with Gasteiger partial charge < -0.3 is 14.4 Å². The molecule has 0 aromatic heterocycles. The number of sulfonamides is 1. The van der Waals surface area contributed by atoms with E-state index >= 15 is 0 Å². The monoisotopic (exact) mass is 521 g/mol. The van der Waals surface area contributed by atoms with Gasteiger partial charge in [-0.2, -0.15) is 4.31 Å². The summed E-state index contributed by atoms with van der Waals surface area (Å²) >= 11 is 0. The minimum atomic E-state index is -3.78. The maximum Gasteiger partial charge on any atom is 0.310 e. The highest BCUT2D eigenvalue weighted by molar-refractivity contribution is 7.89. The highest BCUT2D eigenvalue weighted by Crippen LogP contribution is 2.36. The standard InChI is InChI=1S/C25H35N3O7S/c1-4-34-25(31)19-6-5-9-26(14-19)23(29)15-28-21-11-20(7-8-22(21)35-16-24(28)30)36(32,33)27-12-17(2)10-18(3)13-27/h7-8,11,17-19H,4-6,9-10,12-16H2,1-3H3. The maximum atomic E-state index is 13.4. The van der Waals surface area contributed by atoms with Crippen LogP contribution < -0.4 is 9.64 Å². The van der Waals surface area contributed by atoms with Gasteiger partial charge in [0, 0.05) is 26.2 Å². The average molecular weight is 522 g/mol. The van der Waals surface area contributed by atoms with Crippen molar-refractivity contribution in [2.75, 3.05) is 50.8 Å². The van der Waals surface area contributed by atoms with Crippen molar-refractivity contribution in [1.29, 1.82) is 0 Å². The summed E-state index contributed by atoms with van der Waals surface area (Å²) in [7, 11) is -3.78. The number of nitrogens with zero attached hydrogens (tertiary/aromatic N) is 3. The molecule has 1 aromatic carbocycles. The van der Waals surface area contributed by atoms with Crippen LogP contribution >= 0.6 is 0 Å². The third-order valence-electron chi connectivity index (χ3n) is 7.03. The first-order chi connectivity index (χ1) is 17.1. The number of ether oxygens (including phenoxy) is 2. The lowest BCUT2D eigenvalue weighted by Gasteiger charge is -2.35. The molecule has 3 aliphatic rings. The first-order valence-electron chi connectivity index (χ1n) is 12.6. The summed E-state index contributed by atoms with van der Waals surface area (Å²) in [6, 6.07) is 4.46. The normalized spacial score (nSPS) is 25.2. The van der Waals surface area contributed by atoms with E-state index in [1.165, 1.54) is 21.3 Å². The van der Waals surface area contributed by atoms with Crippen LogP contribution in [-0.4, -0.2) is 81.3 Å². The fraction of sp³-hybridized carbons (Fsp3) is 0.640. The lowest BCUT2D eigenvalue weighted by molar-refractivity contribution is -0.151. The van der Waals surface area contributed by atoms with Crippen molar-refractivity contribution in [3.63, 3.8) is 0 Å². The van der Waals surface area contributed by atoms with Gasteiger partial charge in [0.2, 0.25) is 15.9 Å². The minimum absolute atomic E-state index is 0.0682. The van der Waals surface area contributed by atoms with Crippen molar-refractivity contribution in [1.82, 2.24) is 9.21 Å². The number of likely N-dealkylation sites (tertiary alicyclic amines) is 1. The number of anilines is 1. The van der Waals surface area contributed by atoms with Crippen LogP contribution in [0.5, 0.6) is 5.75 Å². The fourth-order valence-electron chi connectivity index (χ4n) is 5.36. The Hall–Kier alpha value is -2.66. The van der Waals surface area contributed by atoms with Gasteiger partial charge in [-0.15, -0.1) is 0 Å². The molecule has 1 aromatic rings. The SMILES string of the molecule is CCOC(=O)C1CCCN(C(=O)CN2C(=O)COc3ccc(S(=O)(=O)N4CC(C)CC(C)C4)cc32)C1. The molecular formula is C25H35N3O7S. The average Bonchev–Trinajstić information content (AvgIpc) is 2.85. The molecule has 0 saturated carbocycles. The molecule has 0 N–H and O–H groups in total. The molecule has 198 valence electrons. The number of piperidine rings is 2. The minimum Gasteiger partial charge on any atom is -0.482 e. The fourth-order valence-corrected chi connectivity index (χ4v) is 7.06. The third-order valence-corrected chi connectivity index (χ3v) is 8.86. The summed E-state index contributed by atoms with van der Waals surface area (Å²) in [5, 5.41) is 0. The Morgan fingerprint density at radius 3 is 2.56 bits per heavy atom. The molecule has 36 heavy (non-hydrogen) atoms. The van der Waals surface area contributed by atoms with Crippen molar-refractivity contribution >= 4 is 33.5 Å². The molecular weight excluding hydrogens is 486 g/mol. The lowest BCUT2D eigenvalue weighted by Crippen LogP contribution is -2.50. The maximum absolute atomic E-state index is 13.4. The van der Waals surface area contributed by atoms with Gasteiger partial charge in [0.05, 0.1) is 23.1 Å². The number of benzene rings is 1. The van der Waals surface area contributed by atoms with Gasteiger partial charge in [-0.05, 0) is 56.2 Å². The van der Waals surface area contributed by atoms with E-state index in [4.69, 9.17) is 9.47 Å². The van der Waals surface area contributed by atoms with Gasteiger partial charge in [-0.3, -0.25) is 19.3 Å². The molecule has 3 atom stereocenters. The van der Waals surface area contributed by atoms with Crippen LogP contribution in [0.1, 0.15) is 40.0 Å². The van der Waals surface area contributed by atoms with Crippen molar-refractivity contribution in [2.24, 2.45) is 17.8 Å². The summed E-state index contributed by atoms with van der Waals surface area (Å²) in [5.74, 6) is -0.585.